The largest absolute Gasteiger partial charge is 0.378 e. The van der Waals surface area contributed by atoms with E-state index in [0.717, 1.165) is 37.7 Å². The van der Waals surface area contributed by atoms with Gasteiger partial charge in [0.1, 0.15) is 0 Å². The third-order valence-electron chi connectivity index (χ3n) is 5.16. The number of anilines is 3. The number of benzene rings is 2. The molecule has 1 aliphatic rings. The molecule has 1 heterocycles. The number of hydrogen-bond donors (Lipinski definition) is 1. The second-order valence-corrected chi connectivity index (χ2v) is 7.66. The molecule has 1 fully saturated rings. The number of para-hydroxylation sites is 1. The van der Waals surface area contributed by atoms with Crippen LogP contribution >= 0.6 is 0 Å². The van der Waals surface area contributed by atoms with E-state index in [-0.39, 0.29) is 31.3 Å². The molecule has 0 atom stereocenters. The highest BCUT2D eigenvalue weighted by molar-refractivity contribution is 5.96. The van der Waals surface area contributed by atoms with E-state index >= 15 is 0 Å². The van der Waals surface area contributed by atoms with Gasteiger partial charge in [-0.05, 0) is 43.4 Å². The molecule has 8 heteroatoms. The van der Waals surface area contributed by atoms with E-state index in [2.05, 4.69) is 16.3 Å². The highest BCUT2D eigenvalue weighted by atomic mass is 16.5. The molecule has 1 saturated heterocycles. The normalized spacial score (nSPS) is 13.5. The zero-order chi connectivity index (χ0) is 22.8. The summed E-state index contributed by atoms with van der Waals surface area (Å²) in [5.41, 5.74) is 2.56. The lowest BCUT2D eigenvalue weighted by Crippen LogP contribution is -2.42. The first-order valence-electron chi connectivity index (χ1n) is 10.7. The molecule has 0 radical (unpaired) electrons. The van der Waals surface area contributed by atoms with Crippen molar-refractivity contribution in [1.29, 1.82) is 5.26 Å². The molecular formula is C24H29N5O3. The number of carbonyl (C=O) groups is 2. The van der Waals surface area contributed by atoms with Gasteiger partial charge in [-0.25, -0.2) is 0 Å². The first kappa shape index (κ1) is 23.3. The summed E-state index contributed by atoms with van der Waals surface area (Å²) in [5.74, 6) is -0.348. The van der Waals surface area contributed by atoms with Crippen LogP contribution in [0.3, 0.4) is 0 Å². The second kappa shape index (κ2) is 11.8. The van der Waals surface area contributed by atoms with E-state index < -0.39 is 0 Å². The number of rotatable bonds is 9. The van der Waals surface area contributed by atoms with Crippen molar-refractivity contribution in [2.75, 3.05) is 68.1 Å². The molecule has 0 saturated carbocycles. The van der Waals surface area contributed by atoms with Gasteiger partial charge in [-0.1, -0.05) is 18.2 Å². The summed E-state index contributed by atoms with van der Waals surface area (Å²) in [4.78, 5) is 30.8. The van der Waals surface area contributed by atoms with Crippen LogP contribution < -0.4 is 15.1 Å². The number of nitrogens with zero attached hydrogens (tertiary/aromatic N) is 4. The first-order chi connectivity index (χ1) is 15.6. The van der Waals surface area contributed by atoms with E-state index in [1.165, 1.54) is 0 Å². The summed E-state index contributed by atoms with van der Waals surface area (Å²) in [7, 11) is 1.73. The van der Waals surface area contributed by atoms with E-state index in [0.29, 0.717) is 12.2 Å². The van der Waals surface area contributed by atoms with Gasteiger partial charge in [0.25, 0.3) is 0 Å². The molecule has 0 spiro atoms. The highest BCUT2D eigenvalue weighted by Gasteiger charge is 2.18. The molecule has 8 nitrogen and oxygen atoms in total. The van der Waals surface area contributed by atoms with Gasteiger partial charge in [0.2, 0.25) is 11.8 Å². The molecule has 1 aliphatic heterocycles. The third kappa shape index (κ3) is 6.80. The molecule has 0 bridgehead atoms. The Hall–Kier alpha value is -3.41. The fraction of sp³-hybridized carbons (Fsp3) is 0.375. The van der Waals surface area contributed by atoms with Gasteiger partial charge in [-0.15, -0.1) is 0 Å². The number of likely N-dealkylation sites (N-methyl/N-ethyl adjacent to an activating group) is 1. The average molecular weight is 436 g/mol. The standard InChI is InChI=1S/C24H29N5O3/c1-27(19-24(31)29(13-5-12-25)22-6-3-2-4-7-22)18-23(30)26-20-8-10-21(11-9-20)28-14-16-32-17-15-28/h2-4,6-11H,5,13-19H2,1H3,(H,26,30). The minimum Gasteiger partial charge on any atom is -0.378 e. The van der Waals surface area contributed by atoms with Crippen LogP contribution in [0.2, 0.25) is 0 Å². The Balaban J connectivity index is 1.51. The van der Waals surface area contributed by atoms with Crippen LogP contribution in [-0.4, -0.2) is 69.7 Å². The predicted octanol–water partition coefficient (Wildman–Crippen LogP) is 2.34. The summed E-state index contributed by atoms with van der Waals surface area (Å²) in [5, 5.41) is 11.8. The molecular weight excluding hydrogens is 406 g/mol. The molecule has 0 aliphatic carbocycles. The van der Waals surface area contributed by atoms with Crippen LogP contribution in [0.5, 0.6) is 0 Å². The Kier molecular flexibility index (Phi) is 8.61. The smallest absolute Gasteiger partial charge is 0.241 e. The monoisotopic (exact) mass is 435 g/mol. The van der Waals surface area contributed by atoms with Crippen LogP contribution in [0.15, 0.2) is 54.6 Å². The van der Waals surface area contributed by atoms with E-state index in [1.807, 2.05) is 54.6 Å². The van der Waals surface area contributed by atoms with Crippen molar-refractivity contribution >= 4 is 28.9 Å². The number of ether oxygens (including phenoxy) is 1. The van der Waals surface area contributed by atoms with Crippen molar-refractivity contribution in [3.8, 4) is 6.07 Å². The Morgan fingerprint density at radius 1 is 1.06 bits per heavy atom. The Bertz CT molecular complexity index is 921. The zero-order valence-electron chi connectivity index (χ0n) is 18.4. The summed E-state index contributed by atoms with van der Waals surface area (Å²) >= 11 is 0. The SMILES string of the molecule is CN(CC(=O)Nc1ccc(N2CCOCC2)cc1)CC(=O)N(CCC#N)c1ccccc1. The summed E-state index contributed by atoms with van der Waals surface area (Å²) in [6.45, 7) is 3.64. The molecule has 1 N–H and O–H groups in total. The maximum absolute atomic E-state index is 12.8. The van der Waals surface area contributed by atoms with Crippen LogP contribution in [0.1, 0.15) is 6.42 Å². The molecule has 0 unspecified atom stereocenters. The molecule has 2 amide bonds. The zero-order valence-corrected chi connectivity index (χ0v) is 18.4. The van der Waals surface area contributed by atoms with Gasteiger partial charge in [0.15, 0.2) is 0 Å². The fourth-order valence-electron chi connectivity index (χ4n) is 3.56. The fourth-order valence-corrected chi connectivity index (χ4v) is 3.56. The van der Waals surface area contributed by atoms with Gasteiger partial charge in [0.05, 0.1) is 38.8 Å². The molecule has 2 aromatic carbocycles. The summed E-state index contributed by atoms with van der Waals surface area (Å²) in [6.07, 6.45) is 0.241. The molecule has 168 valence electrons. The van der Waals surface area contributed by atoms with E-state index in [1.54, 1.807) is 16.8 Å². The van der Waals surface area contributed by atoms with Crippen molar-refractivity contribution in [2.45, 2.75) is 6.42 Å². The summed E-state index contributed by atoms with van der Waals surface area (Å²) < 4.78 is 5.38. The van der Waals surface area contributed by atoms with E-state index in [9.17, 15) is 9.59 Å². The first-order valence-corrected chi connectivity index (χ1v) is 10.7. The average Bonchev–Trinajstić information content (AvgIpc) is 2.81. The quantitative estimate of drug-likeness (QED) is 0.650. The van der Waals surface area contributed by atoms with Gasteiger partial charge in [-0.2, -0.15) is 5.26 Å². The maximum atomic E-state index is 12.8. The lowest BCUT2D eigenvalue weighted by atomic mass is 10.2. The number of hydrogen-bond acceptors (Lipinski definition) is 6. The van der Waals surface area contributed by atoms with Crippen molar-refractivity contribution in [2.24, 2.45) is 0 Å². The van der Waals surface area contributed by atoms with Crippen LogP contribution in [0.25, 0.3) is 0 Å². The Labute approximate surface area is 189 Å². The number of nitrogens with one attached hydrogen (secondary N) is 1. The van der Waals surface area contributed by atoms with Crippen molar-refractivity contribution in [3.63, 3.8) is 0 Å². The minimum absolute atomic E-state index is 0.0731. The highest BCUT2D eigenvalue weighted by Crippen LogP contribution is 2.19. The molecule has 32 heavy (non-hydrogen) atoms. The van der Waals surface area contributed by atoms with Gasteiger partial charge >= 0.3 is 0 Å². The lowest BCUT2D eigenvalue weighted by Gasteiger charge is -2.29. The number of amides is 2. The maximum Gasteiger partial charge on any atom is 0.241 e. The second-order valence-electron chi connectivity index (χ2n) is 7.66. The van der Waals surface area contributed by atoms with Crippen LogP contribution in [-0.2, 0) is 14.3 Å². The number of nitriles is 1. The summed E-state index contributed by atoms with van der Waals surface area (Å²) in [6, 6.07) is 19.1. The van der Waals surface area contributed by atoms with Crippen molar-refractivity contribution in [3.05, 3.63) is 54.6 Å². The molecule has 2 aromatic rings. The molecule has 0 aromatic heterocycles. The Morgan fingerprint density at radius 2 is 1.75 bits per heavy atom. The lowest BCUT2D eigenvalue weighted by molar-refractivity contribution is -0.121. The number of morpholine rings is 1. The van der Waals surface area contributed by atoms with Crippen LogP contribution in [0, 0.1) is 11.3 Å². The third-order valence-corrected chi connectivity index (χ3v) is 5.16. The Morgan fingerprint density at radius 3 is 2.41 bits per heavy atom. The van der Waals surface area contributed by atoms with Gasteiger partial charge < -0.3 is 19.9 Å². The van der Waals surface area contributed by atoms with Crippen molar-refractivity contribution < 1.29 is 14.3 Å². The van der Waals surface area contributed by atoms with Crippen LogP contribution in [0.4, 0.5) is 17.1 Å². The topological polar surface area (TPSA) is 88.9 Å². The number of carbonyl (C=O) groups excluding carboxylic acids is 2. The predicted molar refractivity (Wildman–Crippen MR) is 125 cm³/mol. The molecule has 3 rings (SSSR count). The van der Waals surface area contributed by atoms with E-state index in [4.69, 9.17) is 10.00 Å². The minimum atomic E-state index is -0.192. The van der Waals surface area contributed by atoms with Gasteiger partial charge in [-0.3, -0.25) is 14.5 Å². The van der Waals surface area contributed by atoms with Crippen molar-refractivity contribution in [1.82, 2.24) is 4.90 Å². The van der Waals surface area contributed by atoms with Gasteiger partial charge in [0, 0.05) is 36.7 Å².